The first kappa shape index (κ1) is 14.5. The zero-order valence-electron chi connectivity index (χ0n) is 13.0. The SMILES string of the molecule is Cc1ccccc1C(C)N1CC(C(C)C)NCC1C. The Hall–Kier alpha value is -0.860. The molecular weight excluding hydrogens is 232 g/mol. The molecule has 3 unspecified atom stereocenters. The van der Waals surface area contributed by atoms with Crippen molar-refractivity contribution in [3.05, 3.63) is 35.4 Å². The predicted molar refractivity (Wildman–Crippen MR) is 82.4 cm³/mol. The van der Waals surface area contributed by atoms with Crippen molar-refractivity contribution in [2.24, 2.45) is 5.92 Å². The summed E-state index contributed by atoms with van der Waals surface area (Å²) >= 11 is 0. The van der Waals surface area contributed by atoms with E-state index in [1.807, 2.05) is 0 Å². The van der Waals surface area contributed by atoms with E-state index in [1.165, 1.54) is 11.1 Å². The second-order valence-electron chi connectivity index (χ2n) is 6.34. The lowest BCUT2D eigenvalue weighted by atomic mass is 9.95. The first-order valence-corrected chi connectivity index (χ1v) is 7.55. The molecule has 0 spiro atoms. The zero-order valence-corrected chi connectivity index (χ0v) is 13.0. The number of hydrogen-bond acceptors (Lipinski definition) is 2. The maximum Gasteiger partial charge on any atom is 0.0326 e. The monoisotopic (exact) mass is 260 g/mol. The van der Waals surface area contributed by atoms with Crippen LogP contribution in [-0.2, 0) is 0 Å². The van der Waals surface area contributed by atoms with E-state index >= 15 is 0 Å². The highest BCUT2D eigenvalue weighted by atomic mass is 15.2. The Morgan fingerprint density at radius 2 is 1.89 bits per heavy atom. The smallest absolute Gasteiger partial charge is 0.0326 e. The average molecular weight is 260 g/mol. The lowest BCUT2D eigenvalue weighted by Gasteiger charge is -2.44. The zero-order chi connectivity index (χ0) is 14.0. The summed E-state index contributed by atoms with van der Waals surface area (Å²) in [7, 11) is 0. The van der Waals surface area contributed by atoms with Gasteiger partial charge in [0, 0.05) is 31.2 Å². The van der Waals surface area contributed by atoms with Crippen molar-refractivity contribution in [1.29, 1.82) is 0 Å². The molecule has 1 N–H and O–H groups in total. The van der Waals surface area contributed by atoms with Crippen molar-refractivity contribution in [3.63, 3.8) is 0 Å². The number of aryl methyl sites for hydroxylation is 1. The fourth-order valence-corrected chi connectivity index (χ4v) is 3.13. The molecule has 106 valence electrons. The quantitative estimate of drug-likeness (QED) is 0.896. The lowest BCUT2D eigenvalue weighted by molar-refractivity contribution is 0.0849. The molecule has 1 aromatic rings. The van der Waals surface area contributed by atoms with Gasteiger partial charge >= 0.3 is 0 Å². The molecule has 2 nitrogen and oxygen atoms in total. The third-order valence-corrected chi connectivity index (χ3v) is 4.59. The summed E-state index contributed by atoms with van der Waals surface area (Å²) in [6.07, 6.45) is 0. The van der Waals surface area contributed by atoms with Gasteiger partial charge in [-0.15, -0.1) is 0 Å². The van der Waals surface area contributed by atoms with Crippen LogP contribution in [0.5, 0.6) is 0 Å². The Bertz CT molecular complexity index is 413. The molecule has 0 aromatic heterocycles. The molecule has 0 bridgehead atoms. The van der Waals surface area contributed by atoms with E-state index in [4.69, 9.17) is 0 Å². The average Bonchev–Trinajstić information content (AvgIpc) is 2.38. The van der Waals surface area contributed by atoms with Gasteiger partial charge in [-0.3, -0.25) is 4.90 Å². The van der Waals surface area contributed by atoms with Crippen molar-refractivity contribution in [2.75, 3.05) is 13.1 Å². The van der Waals surface area contributed by atoms with Crippen LogP contribution in [0, 0.1) is 12.8 Å². The number of nitrogens with one attached hydrogen (secondary N) is 1. The molecule has 1 aliphatic heterocycles. The van der Waals surface area contributed by atoms with Gasteiger partial charge in [-0.2, -0.15) is 0 Å². The largest absolute Gasteiger partial charge is 0.311 e. The highest BCUT2D eigenvalue weighted by Crippen LogP contribution is 2.27. The summed E-state index contributed by atoms with van der Waals surface area (Å²) in [4.78, 5) is 2.66. The van der Waals surface area contributed by atoms with Crippen LogP contribution in [-0.4, -0.2) is 30.1 Å². The summed E-state index contributed by atoms with van der Waals surface area (Å²) in [5, 5.41) is 3.68. The highest BCUT2D eigenvalue weighted by molar-refractivity contribution is 5.28. The first-order valence-electron chi connectivity index (χ1n) is 7.55. The molecule has 3 atom stereocenters. The van der Waals surface area contributed by atoms with E-state index in [2.05, 4.69) is 69.1 Å². The fourth-order valence-electron chi connectivity index (χ4n) is 3.13. The van der Waals surface area contributed by atoms with Crippen molar-refractivity contribution in [1.82, 2.24) is 10.2 Å². The summed E-state index contributed by atoms with van der Waals surface area (Å²) in [5.41, 5.74) is 2.88. The van der Waals surface area contributed by atoms with Crippen LogP contribution in [0.3, 0.4) is 0 Å². The number of rotatable bonds is 3. The Kier molecular flexibility index (Phi) is 4.64. The van der Waals surface area contributed by atoms with Gasteiger partial charge in [0.05, 0.1) is 0 Å². The number of benzene rings is 1. The maximum absolute atomic E-state index is 3.68. The molecule has 1 aromatic carbocycles. The molecular formula is C17H28N2. The van der Waals surface area contributed by atoms with E-state index in [-0.39, 0.29) is 0 Å². The van der Waals surface area contributed by atoms with Gasteiger partial charge in [0.1, 0.15) is 0 Å². The highest BCUT2D eigenvalue weighted by Gasteiger charge is 2.30. The molecule has 2 rings (SSSR count). The molecule has 0 amide bonds. The molecule has 0 radical (unpaired) electrons. The Morgan fingerprint density at radius 1 is 1.21 bits per heavy atom. The van der Waals surface area contributed by atoms with Crippen LogP contribution < -0.4 is 5.32 Å². The molecule has 1 heterocycles. The van der Waals surface area contributed by atoms with Gasteiger partial charge in [-0.25, -0.2) is 0 Å². The van der Waals surface area contributed by atoms with E-state index < -0.39 is 0 Å². The number of hydrogen-bond donors (Lipinski definition) is 1. The van der Waals surface area contributed by atoms with E-state index in [1.54, 1.807) is 0 Å². The summed E-state index contributed by atoms with van der Waals surface area (Å²) in [6.45, 7) is 13.8. The van der Waals surface area contributed by atoms with Crippen molar-refractivity contribution in [2.45, 2.75) is 52.7 Å². The standard InChI is InChI=1S/C17H28N2/c1-12(2)17-11-19(14(4)10-18-17)15(5)16-9-7-6-8-13(16)3/h6-9,12,14-15,17-18H,10-11H2,1-5H3. The van der Waals surface area contributed by atoms with Crippen LogP contribution in [0.1, 0.15) is 44.9 Å². The minimum absolute atomic E-state index is 0.500. The molecule has 0 saturated carbocycles. The number of nitrogens with zero attached hydrogens (tertiary/aromatic N) is 1. The van der Waals surface area contributed by atoms with Crippen molar-refractivity contribution in [3.8, 4) is 0 Å². The maximum atomic E-state index is 3.68. The molecule has 1 fully saturated rings. The van der Waals surface area contributed by atoms with Crippen LogP contribution in [0.15, 0.2) is 24.3 Å². The topological polar surface area (TPSA) is 15.3 Å². The van der Waals surface area contributed by atoms with Gasteiger partial charge in [0.25, 0.3) is 0 Å². The third-order valence-electron chi connectivity index (χ3n) is 4.59. The summed E-state index contributed by atoms with van der Waals surface area (Å²) < 4.78 is 0. The normalized spacial score (nSPS) is 26.6. The first-order chi connectivity index (χ1) is 9.00. The second-order valence-corrected chi connectivity index (χ2v) is 6.34. The van der Waals surface area contributed by atoms with Gasteiger partial charge < -0.3 is 5.32 Å². The third kappa shape index (κ3) is 3.18. The fraction of sp³-hybridized carbons (Fsp3) is 0.647. The molecule has 2 heteroatoms. The van der Waals surface area contributed by atoms with Crippen LogP contribution in [0.4, 0.5) is 0 Å². The van der Waals surface area contributed by atoms with E-state index in [0.717, 1.165) is 13.1 Å². The summed E-state index contributed by atoms with van der Waals surface area (Å²) in [6, 6.07) is 10.5. The minimum atomic E-state index is 0.500. The Balaban J connectivity index is 2.17. The van der Waals surface area contributed by atoms with E-state index in [0.29, 0.717) is 24.0 Å². The van der Waals surface area contributed by atoms with Crippen LogP contribution in [0.2, 0.25) is 0 Å². The molecule has 19 heavy (non-hydrogen) atoms. The Labute approximate surface area is 118 Å². The van der Waals surface area contributed by atoms with Crippen molar-refractivity contribution >= 4 is 0 Å². The molecule has 1 saturated heterocycles. The van der Waals surface area contributed by atoms with Crippen LogP contribution >= 0.6 is 0 Å². The van der Waals surface area contributed by atoms with Crippen LogP contribution in [0.25, 0.3) is 0 Å². The van der Waals surface area contributed by atoms with Gasteiger partial charge in [-0.05, 0) is 37.8 Å². The van der Waals surface area contributed by atoms with Gasteiger partial charge in [-0.1, -0.05) is 38.1 Å². The number of piperazine rings is 1. The Morgan fingerprint density at radius 3 is 2.53 bits per heavy atom. The van der Waals surface area contributed by atoms with E-state index in [9.17, 15) is 0 Å². The predicted octanol–water partition coefficient (Wildman–Crippen LogP) is 3.37. The molecule has 0 aliphatic carbocycles. The van der Waals surface area contributed by atoms with Crippen molar-refractivity contribution < 1.29 is 0 Å². The van der Waals surface area contributed by atoms with Gasteiger partial charge in [0.15, 0.2) is 0 Å². The second kappa shape index (κ2) is 6.06. The lowest BCUT2D eigenvalue weighted by Crippen LogP contribution is -2.57. The van der Waals surface area contributed by atoms with Gasteiger partial charge in [0.2, 0.25) is 0 Å². The molecule has 1 aliphatic rings. The summed E-state index contributed by atoms with van der Waals surface area (Å²) in [5.74, 6) is 0.694. The minimum Gasteiger partial charge on any atom is -0.311 e.